The number of rotatable bonds is 2. The lowest BCUT2D eigenvalue weighted by molar-refractivity contribution is 0.318. The van der Waals surface area contributed by atoms with Crippen molar-refractivity contribution in [3.8, 4) is 5.69 Å². The van der Waals surface area contributed by atoms with Gasteiger partial charge in [-0.1, -0.05) is 5.16 Å². The minimum atomic E-state index is 0.108. The van der Waals surface area contributed by atoms with Gasteiger partial charge in [0.05, 0.1) is 11.9 Å². The van der Waals surface area contributed by atoms with Crippen molar-refractivity contribution < 1.29 is 5.21 Å². The number of aromatic nitrogens is 2. The molecule has 1 aromatic carbocycles. The van der Waals surface area contributed by atoms with Crippen LogP contribution in [-0.2, 0) is 0 Å². The molecular formula is C12H14N4O. The van der Waals surface area contributed by atoms with Crippen molar-refractivity contribution in [2.24, 2.45) is 10.9 Å². The minimum Gasteiger partial charge on any atom is -0.409 e. The molecule has 1 aromatic heterocycles. The molecule has 0 fully saturated rings. The van der Waals surface area contributed by atoms with E-state index in [2.05, 4.69) is 10.3 Å². The lowest BCUT2D eigenvalue weighted by Crippen LogP contribution is -2.13. The van der Waals surface area contributed by atoms with Crippen LogP contribution in [0.1, 0.15) is 16.7 Å². The first-order valence-electron chi connectivity index (χ1n) is 5.22. The van der Waals surface area contributed by atoms with E-state index in [0.29, 0.717) is 5.56 Å². The number of nitrogens with two attached hydrogens (primary N) is 1. The SMILES string of the molecule is Cc1cnn(-c2ccc(/C(N)=N/O)cc2C)c1. The smallest absolute Gasteiger partial charge is 0.170 e. The quantitative estimate of drug-likeness (QED) is 0.356. The van der Waals surface area contributed by atoms with E-state index in [4.69, 9.17) is 10.9 Å². The highest BCUT2D eigenvalue weighted by Crippen LogP contribution is 2.15. The van der Waals surface area contributed by atoms with Gasteiger partial charge in [-0.05, 0) is 43.2 Å². The van der Waals surface area contributed by atoms with Crippen LogP contribution in [0.5, 0.6) is 0 Å². The van der Waals surface area contributed by atoms with Crippen LogP contribution in [-0.4, -0.2) is 20.8 Å². The molecule has 0 aliphatic heterocycles. The summed E-state index contributed by atoms with van der Waals surface area (Å²) in [6.07, 6.45) is 3.75. The zero-order valence-electron chi connectivity index (χ0n) is 9.75. The molecule has 88 valence electrons. The second-order valence-corrected chi connectivity index (χ2v) is 3.95. The Bertz CT molecular complexity index is 572. The van der Waals surface area contributed by atoms with Crippen LogP contribution in [0.2, 0.25) is 0 Å². The standard InChI is InChI=1S/C12H14N4O/c1-8-6-14-16(7-8)11-4-3-10(5-9(11)2)12(13)15-17/h3-7,17H,1-2H3,(H2,13,15). The first-order valence-corrected chi connectivity index (χ1v) is 5.22. The highest BCUT2D eigenvalue weighted by atomic mass is 16.4. The molecule has 0 radical (unpaired) electrons. The summed E-state index contributed by atoms with van der Waals surface area (Å²) in [6, 6.07) is 5.56. The van der Waals surface area contributed by atoms with E-state index in [9.17, 15) is 0 Å². The van der Waals surface area contributed by atoms with Crippen LogP contribution < -0.4 is 5.73 Å². The Balaban J connectivity index is 2.45. The van der Waals surface area contributed by atoms with Gasteiger partial charge in [0.1, 0.15) is 0 Å². The van der Waals surface area contributed by atoms with E-state index < -0.39 is 0 Å². The molecule has 0 unspecified atom stereocenters. The Morgan fingerprint density at radius 3 is 2.71 bits per heavy atom. The molecule has 0 spiro atoms. The fraction of sp³-hybridized carbons (Fsp3) is 0.167. The van der Waals surface area contributed by atoms with E-state index in [0.717, 1.165) is 16.8 Å². The molecule has 5 nitrogen and oxygen atoms in total. The molecule has 0 amide bonds. The molecular weight excluding hydrogens is 216 g/mol. The highest BCUT2D eigenvalue weighted by molar-refractivity contribution is 5.97. The number of benzene rings is 1. The van der Waals surface area contributed by atoms with Crippen molar-refractivity contribution >= 4 is 5.84 Å². The van der Waals surface area contributed by atoms with Crippen LogP contribution in [0.3, 0.4) is 0 Å². The molecule has 0 saturated carbocycles. The van der Waals surface area contributed by atoms with Gasteiger partial charge in [0.25, 0.3) is 0 Å². The van der Waals surface area contributed by atoms with Gasteiger partial charge in [0.2, 0.25) is 0 Å². The van der Waals surface area contributed by atoms with Crippen LogP contribution >= 0.6 is 0 Å². The largest absolute Gasteiger partial charge is 0.409 e. The summed E-state index contributed by atoms with van der Waals surface area (Å²) in [7, 11) is 0. The summed E-state index contributed by atoms with van der Waals surface area (Å²) in [4.78, 5) is 0. The Morgan fingerprint density at radius 1 is 1.41 bits per heavy atom. The van der Waals surface area contributed by atoms with Gasteiger partial charge in [-0.2, -0.15) is 5.10 Å². The summed E-state index contributed by atoms with van der Waals surface area (Å²) >= 11 is 0. The molecule has 0 bridgehead atoms. The summed E-state index contributed by atoms with van der Waals surface area (Å²) in [5.74, 6) is 0.108. The van der Waals surface area contributed by atoms with Crippen molar-refractivity contribution in [1.29, 1.82) is 0 Å². The monoisotopic (exact) mass is 230 g/mol. The summed E-state index contributed by atoms with van der Waals surface area (Å²) in [5.41, 5.74) is 9.32. The van der Waals surface area contributed by atoms with Gasteiger partial charge in [0, 0.05) is 11.8 Å². The molecule has 0 atom stereocenters. The average Bonchev–Trinajstić information content (AvgIpc) is 2.74. The van der Waals surface area contributed by atoms with Gasteiger partial charge in [-0.3, -0.25) is 0 Å². The van der Waals surface area contributed by atoms with Gasteiger partial charge < -0.3 is 10.9 Å². The fourth-order valence-electron chi connectivity index (χ4n) is 1.67. The third-order valence-corrected chi connectivity index (χ3v) is 2.56. The number of amidine groups is 1. The molecule has 5 heteroatoms. The van der Waals surface area contributed by atoms with Crippen LogP contribution in [0.15, 0.2) is 35.7 Å². The molecule has 0 aliphatic carbocycles. The minimum absolute atomic E-state index is 0.108. The second kappa shape index (κ2) is 4.29. The van der Waals surface area contributed by atoms with Crippen molar-refractivity contribution in [1.82, 2.24) is 9.78 Å². The van der Waals surface area contributed by atoms with E-state index in [1.807, 2.05) is 32.2 Å². The molecule has 3 N–H and O–H groups in total. The molecule has 17 heavy (non-hydrogen) atoms. The average molecular weight is 230 g/mol. The Labute approximate surface area is 99.2 Å². The maximum absolute atomic E-state index is 8.61. The number of nitrogens with zero attached hydrogens (tertiary/aromatic N) is 3. The zero-order valence-corrected chi connectivity index (χ0v) is 9.75. The number of aryl methyl sites for hydroxylation is 2. The van der Waals surface area contributed by atoms with Crippen LogP contribution in [0, 0.1) is 13.8 Å². The maximum atomic E-state index is 8.61. The molecule has 2 rings (SSSR count). The van der Waals surface area contributed by atoms with Gasteiger partial charge in [0.15, 0.2) is 5.84 Å². The van der Waals surface area contributed by atoms with E-state index >= 15 is 0 Å². The number of oxime groups is 1. The highest BCUT2D eigenvalue weighted by Gasteiger charge is 2.05. The van der Waals surface area contributed by atoms with Gasteiger partial charge in [-0.15, -0.1) is 0 Å². The third-order valence-electron chi connectivity index (χ3n) is 2.56. The Kier molecular flexibility index (Phi) is 2.82. The topological polar surface area (TPSA) is 76.4 Å². The summed E-state index contributed by atoms with van der Waals surface area (Å²) in [6.45, 7) is 3.95. The molecule has 0 saturated heterocycles. The summed E-state index contributed by atoms with van der Waals surface area (Å²) < 4.78 is 1.81. The Morgan fingerprint density at radius 2 is 2.18 bits per heavy atom. The van der Waals surface area contributed by atoms with Crippen LogP contribution in [0.25, 0.3) is 5.69 Å². The number of hydrogen-bond acceptors (Lipinski definition) is 3. The lowest BCUT2D eigenvalue weighted by atomic mass is 10.1. The summed E-state index contributed by atoms with van der Waals surface area (Å²) in [5, 5.41) is 15.8. The van der Waals surface area contributed by atoms with Crippen LogP contribution in [0.4, 0.5) is 0 Å². The predicted molar refractivity (Wildman–Crippen MR) is 65.5 cm³/mol. The number of hydrogen-bond donors (Lipinski definition) is 2. The van der Waals surface area contributed by atoms with Gasteiger partial charge >= 0.3 is 0 Å². The van der Waals surface area contributed by atoms with Crippen molar-refractivity contribution in [3.63, 3.8) is 0 Å². The van der Waals surface area contributed by atoms with Crippen molar-refractivity contribution in [3.05, 3.63) is 47.3 Å². The predicted octanol–water partition coefficient (Wildman–Crippen LogP) is 1.58. The van der Waals surface area contributed by atoms with Crippen molar-refractivity contribution in [2.75, 3.05) is 0 Å². The molecule has 0 aliphatic rings. The van der Waals surface area contributed by atoms with E-state index in [1.165, 1.54) is 0 Å². The first-order chi connectivity index (χ1) is 8.11. The van der Waals surface area contributed by atoms with Gasteiger partial charge in [-0.25, -0.2) is 4.68 Å². The molecule has 2 aromatic rings. The normalized spacial score (nSPS) is 11.8. The van der Waals surface area contributed by atoms with E-state index in [1.54, 1.807) is 16.9 Å². The Hall–Kier alpha value is -2.30. The zero-order chi connectivity index (χ0) is 12.4. The maximum Gasteiger partial charge on any atom is 0.170 e. The third kappa shape index (κ3) is 2.13. The fourth-order valence-corrected chi connectivity index (χ4v) is 1.67. The van der Waals surface area contributed by atoms with Crippen molar-refractivity contribution in [2.45, 2.75) is 13.8 Å². The lowest BCUT2D eigenvalue weighted by Gasteiger charge is -2.07. The first kappa shape index (κ1) is 11.2. The second-order valence-electron chi connectivity index (χ2n) is 3.95. The molecule has 1 heterocycles. The van der Waals surface area contributed by atoms with E-state index in [-0.39, 0.29) is 5.84 Å².